The number of aryl methyl sites for hydroxylation is 1. The maximum absolute atomic E-state index is 12.2. The van der Waals surface area contributed by atoms with Crippen LogP contribution in [-0.2, 0) is 15.9 Å². The molecule has 0 N–H and O–H groups in total. The Morgan fingerprint density at radius 1 is 0.968 bits per heavy atom. The molecule has 0 bridgehead atoms. The lowest BCUT2D eigenvalue weighted by atomic mass is 9.96. The zero-order valence-electron chi connectivity index (χ0n) is 19.4. The molecule has 0 aliphatic heterocycles. The van der Waals surface area contributed by atoms with Crippen LogP contribution in [0.5, 0.6) is 17.2 Å². The fourth-order valence-corrected chi connectivity index (χ4v) is 3.21. The summed E-state index contributed by atoms with van der Waals surface area (Å²) in [4.78, 5) is 12.2. The molecule has 2 aromatic carbocycles. The molecule has 0 spiro atoms. The number of methoxy groups -OCH3 is 3. The van der Waals surface area contributed by atoms with Crippen LogP contribution in [0.1, 0.15) is 61.0 Å². The maximum Gasteiger partial charge on any atom is 0.341 e. The van der Waals surface area contributed by atoms with Crippen LogP contribution in [-0.4, -0.2) is 40.2 Å². The lowest BCUT2D eigenvalue weighted by Crippen LogP contribution is -2.19. The molecule has 6 heteroatoms. The van der Waals surface area contributed by atoms with Crippen LogP contribution in [0.2, 0.25) is 0 Å². The minimum absolute atomic E-state index is 0.348. The quantitative estimate of drug-likeness (QED) is 0.256. The second kappa shape index (κ2) is 12.2. The largest absolute Gasteiger partial charge is 0.497 e. The van der Waals surface area contributed by atoms with Crippen molar-refractivity contribution in [2.45, 2.75) is 52.2 Å². The molecular formula is C25H34O6. The number of esters is 1. The molecule has 0 fully saturated rings. The van der Waals surface area contributed by atoms with Crippen molar-refractivity contribution in [1.82, 2.24) is 0 Å². The number of rotatable bonds is 12. The van der Waals surface area contributed by atoms with E-state index in [1.54, 1.807) is 14.2 Å². The van der Waals surface area contributed by atoms with Gasteiger partial charge in [-0.1, -0.05) is 19.9 Å². The number of carbonyl (C=O) groups is 1. The van der Waals surface area contributed by atoms with Gasteiger partial charge in [0.1, 0.15) is 22.8 Å². The van der Waals surface area contributed by atoms with Crippen LogP contribution < -0.4 is 14.2 Å². The minimum Gasteiger partial charge on any atom is -0.497 e. The van der Waals surface area contributed by atoms with Gasteiger partial charge in [-0.05, 0) is 67.5 Å². The van der Waals surface area contributed by atoms with Crippen LogP contribution in [0.25, 0.3) is 0 Å². The van der Waals surface area contributed by atoms with Crippen molar-refractivity contribution >= 4 is 5.97 Å². The van der Waals surface area contributed by atoms with Crippen LogP contribution >= 0.6 is 0 Å². The van der Waals surface area contributed by atoms with Crippen LogP contribution in [0.3, 0.4) is 0 Å². The average molecular weight is 431 g/mol. The summed E-state index contributed by atoms with van der Waals surface area (Å²) in [6.07, 6.45) is 2.11. The van der Waals surface area contributed by atoms with E-state index in [9.17, 15) is 4.79 Å². The molecule has 0 aliphatic rings. The fraction of sp³-hybridized carbons (Fsp3) is 0.480. The first-order valence-electron chi connectivity index (χ1n) is 10.6. The number of hydrogen-bond acceptors (Lipinski definition) is 6. The summed E-state index contributed by atoms with van der Waals surface area (Å²) in [7, 11) is 4.65. The van der Waals surface area contributed by atoms with Gasteiger partial charge in [0.15, 0.2) is 6.29 Å². The predicted molar refractivity (Wildman–Crippen MR) is 120 cm³/mol. The van der Waals surface area contributed by atoms with Gasteiger partial charge >= 0.3 is 5.97 Å². The van der Waals surface area contributed by atoms with Gasteiger partial charge in [0.25, 0.3) is 0 Å². The molecule has 2 rings (SSSR count). The molecular weight excluding hydrogens is 396 g/mol. The number of benzene rings is 2. The van der Waals surface area contributed by atoms with Gasteiger partial charge in [-0.2, -0.15) is 0 Å². The van der Waals surface area contributed by atoms with Gasteiger partial charge in [0.05, 0.1) is 27.9 Å². The van der Waals surface area contributed by atoms with E-state index in [2.05, 4.69) is 13.8 Å². The summed E-state index contributed by atoms with van der Waals surface area (Å²) in [5, 5.41) is 0. The lowest BCUT2D eigenvalue weighted by molar-refractivity contribution is -0.0675. The van der Waals surface area contributed by atoms with E-state index in [1.165, 1.54) is 7.11 Å². The highest BCUT2D eigenvalue weighted by atomic mass is 16.7. The third-order valence-electron chi connectivity index (χ3n) is 5.26. The highest BCUT2D eigenvalue weighted by Gasteiger charge is 2.18. The van der Waals surface area contributed by atoms with Crippen LogP contribution in [0.15, 0.2) is 36.4 Å². The predicted octanol–water partition coefficient (Wildman–Crippen LogP) is 5.38. The Bertz CT molecular complexity index is 826. The first-order valence-corrected chi connectivity index (χ1v) is 10.6. The van der Waals surface area contributed by atoms with Crippen molar-refractivity contribution in [3.05, 3.63) is 53.1 Å². The first kappa shape index (κ1) is 24.5. The highest BCUT2D eigenvalue weighted by Crippen LogP contribution is 2.28. The van der Waals surface area contributed by atoms with Gasteiger partial charge in [-0.25, -0.2) is 4.79 Å². The molecule has 0 radical (unpaired) electrons. The maximum atomic E-state index is 12.2. The van der Waals surface area contributed by atoms with Gasteiger partial charge < -0.3 is 23.7 Å². The van der Waals surface area contributed by atoms with E-state index in [4.69, 9.17) is 23.7 Å². The molecule has 0 saturated heterocycles. The Kier molecular flexibility index (Phi) is 9.66. The summed E-state index contributed by atoms with van der Waals surface area (Å²) < 4.78 is 27.3. The van der Waals surface area contributed by atoms with Gasteiger partial charge in [-0.15, -0.1) is 0 Å². The molecule has 2 unspecified atom stereocenters. The Hall–Kier alpha value is -2.73. The molecule has 0 heterocycles. The zero-order chi connectivity index (χ0) is 22.8. The van der Waals surface area contributed by atoms with Gasteiger partial charge in [-0.3, -0.25) is 0 Å². The lowest BCUT2D eigenvalue weighted by Gasteiger charge is -2.19. The topological polar surface area (TPSA) is 63.2 Å². The van der Waals surface area contributed by atoms with E-state index in [-0.39, 0.29) is 0 Å². The van der Waals surface area contributed by atoms with E-state index in [1.807, 2.05) is 43.3 Å². The summed E-state index contributed by atoms with van der Waals surface area (Å²) in [5.74, 6) is 1.93. The Labute approximate surface area is 185 Å². The minimum atomic E-state index is -0.502. The molecule has 2 atom stereocenters. The molecule has 0 saturated carbocycles. The van der Waals surface area contributed by atoms with Crippen molar-refractivity contribution in [3.63, 3.8) is 0 Å². The van der Waals surface area contributed by atoms with Crippen LogP contribution in [0.4, 0.5) is 0 Å². The Balaban J connectivity index is 1.94. The number of hydrogen-bond donors (Lipinski definition) is 0. The second-order valence-electron chi connectivity index (χ2n) is 7.44. The second-order valence-corrected chi connectivity index (χ2v) is 7.44. The van der Waals surface area contributed by atoms with E-state index in [0.717, 1.165) is 41.9 Å². The third-order valence-corrected chi connectivity index (χ3v) is 5.26. The summed E-state index contributed by atoms with van der Waals surface area (Å²) in [6, 6.07) is 11.5. The van der Waals surface area contributed by atoms with Gasteiger partial charge in [0.2, 0.25) is 0 Å². The van der Waals surface area contributed by atoms with Gasteiger partial charge in [0, 0.05) is 6.07 Å². The Morgan fingerprint density at radius 3 is 2.23 bits per heavy atom. The summed E-state index contributed by atoms with van der Waals surface area (Å²) in [5.41, 5.74) is 2.61. The smallest absolute Gasteiger partial charge is 0.341 e. The van der Waals surface area contributed by atoms with Crippen molar-refractivity contribution in [2.24, 2.45) is 0 Å². The number of ether oxygens (including phenoxy) is 5. The third kappa shape index (κ3) is 7.17. The standard InChI is InChI=1S/C25H34O6/c1-7-17(2)20-10-11-24(23(15-20)25(26)29-6)31-18(3)30-12-8-9-19-13-21(27-4)16-22(14-19)28-5/h10-11,13-18H,7-9,12H2,1-6H3. The van der Waals surface area contributed by atoms with E-state index < -0.39 is 12.3 Å². The summed E-state index contributed by atoms with van der Waals surface area (Å²) >= 11 is 0. The monoisotopic (exact) mass is 430 g/mol. The molecule has 170 valence electrons. The SMILES string of the molecule is CCC(C)c1ccc(OC(C)OCCCc2cc(OC)cc(OC)c2)c(C(=O)OC)c1. The molecule has 0 amide bonds. The van der Waals surface area contributed by atoms with Crippen LogP contribution in [0, 0.1) is 0 Å². The van der Waals surface area contributed by atoms with Crippen molar-refractivity contribution in [1.29, 1.82) is 0 Å². The zero-order valence-corrected chi connectivity index (χ0v) is 19.4. The van der Waals surface area contributed by atoms with Crippen molar-refractivity contribution < 1.29 is 28.5 Å². The molecule has 0 aromatic heterocycles. The van der Waals surface area contributed by atoms with Crippen molar-refractivity contribution in [3.8, 4) is 17.2 Å². The normalized spacial score (nSPS) is 12.7. The summed E-state index contributed by atoms with van der Waals surface area (Å²) in [6.45, 7) is 6.57. The molecule has 6 nitrogen and oxygen atoms in total. The van der Waals surface area contributed by atoms with E-state index >= 15 is 0 Å². The molecule has 31 heavy (non-hydrogen) atoms. The number of carbonyl (C=O) groups excluding carboxylic acids is 1. The molecule has 0 aliphatic carbocycles. The fourth-order valence-electron chi connectivity index (χ4n) is 3.21. The van der Waals surface area contributed by atoms with E-state index in [0.29, 0.717) is 23.8 Å². The Morgan fingerprint density at radius 2 is 1.65 bits per heavy atom. The molecule has 2 aromatic rings. The highest BCUT2D eigenvalue weighted by molar-refractivity contribution is 5.92. The first-order chi connectivity index (χ1) is 14.9. The van der Waals surface area contributed by atoms with Crippen molar-refractivity contribution in [2.75, 3.05) is 27.9 Å². The average Bonchev–Trinajstić information content (AvgIpc) is 2.80.